The van der Waals surface area contributed by atoms with Crippen LogP contribution in [0.4, 0.5) is 0 Å². The number of rotatable bonds is 6. The van der Waals surface area contributed by atoms with E-state index in [0.717, 1.165) is 50.2 Å². The lowest BCUT2D eigenvalue weighted by Gasteiger charge is -2.32. The maximum Gasteiger partial charge on any atom is 0.170 e. The Morgan fingerprint density at radius 3 is 2.43 bits per heavy atom. The standard InChI is InChI=1S/C28H35N5OS/c1-19-15-20(2)17-23(16-19)33-21(3)18-24(22(33)4)27-26(25-7-5-6-8-29-25)30-28(35)32(27)10-9-31-11-13-34-14-12-31/h5-8,15-18,26-27H,9-14H2,1-4H3,(H,30,35)/t26-,27-/m1/s1. The maximum atomic E-state index is 5.91. The van der Waals surface area contributed by atoms with Crippen LogP contribution in [0, 0.1) is 27.7 Å². The van der Waals surface area contributed by atoms with Crippen molar-refractivity contribution >= 4 is 17.3 Å². The Labute approximate surface area is 213 Å². The summed E-state index contributed by atoms with van der Waals surface area (Å²) in [6.45, 7) is 14.1. The summed E-state index contributed by atoms with van der Waals surface area (Å²) in [6.07, 6.45) is 1.87. The summed E-state index contributed by atoms with van der Waals surface area (Å²) >= 11 is 5.91. The van der Waals surface area contributed by atoms with Crippen LogP contribution in [0.5, 0.6) is 0 Å². The van der Waals surface area contributed by atoms with Gasteiger partial charge >= 0.3 is 0 Å². The lowest BCUT2D eigenvalue weighted by Crippen LogP contribution is -2.42. The molecule has 2 atom stereocenters. The Bertz CT molecular complexity index is 1180. The quantitative estimate of drug-likeness (QED) is 0.518. The Morgan fingerprint density at radius 2 is 1.74 bits per heavy atom. The van der Waals surface area contributed by atoms with E-state index in [-0.39, 0.29) is 12.1 Å². The van der Waals surface area contributed by atoms with Gasteiger partial charge in [0.15, 0.2) is 5.11 Å². The molecule has 2 aromatic heterocycles. The first kappa shape index (κ1) is 24.0. The highest BCUT2D eigenvalue weighted by Crippen LogP contribution is 2.41. The van der Waals surface area contributed by atoms with Gasteiger partial charge < -0.3 is 19.5 Å². The highest BCUT2D eigenvalue weighted by atomic mass is 32.1. The number of aryl methyl sites for hydroxylation is 3. The highest BCUT2D eigenvalue weighted by Gasteiger charge is 2.41. The minimum Gasteiger partial charge on any atom is -0.379 e. The van der Waals surface area contributed by atoms with E-state index in [1.807, 2.05) is 12.3 Å². The van der Waals surface area contributed by atoms with E-state index in [1.54, 1.807) is 0 Å². The first-order valence-corrected chi connectivity index (χ1v) is 12.9. The molecular weight excluding hydrogens is 454 g/mol. The van der Waals surface area contributed by atoms with Gasteiger partial charge in [0.1, 0.15) is 0 Å². The van der Waals surface area contributed by atoms with Gasteiger partial charge in [0, 0.05) is 49.5 Å². The zero-order valence-electron chi connectivity index (χ0n) is 21.1. The van der Waals surface area contributed by atoms with Crippen molar-refractivity contribution in [2.45, 2.75) is 39.8 Å². The van der Waals surface area contributed by atoms with E-state index < -0.39 is 0 Å². The van der Waals surface area contributed by atoms with Crippen molar-refractivity contribution in [3.63, 3.8) is 0 Å². The van der Waals surface area contributed by atoms with Crippen LogP contribution < -0.4 is 5.32 Å². The van der Waals surface area contributed by atoms with Crippen LogP contribution in [0.1, 0.15) is 45.9 Å². The molecule has 0 aliphatic carbocycles. The van der Waals surface area contributed by atoms with Gasteiger partial charge in [-0.3, -0.25) is 9.88 Å². The largest absolute Gasteiger partial charge is 0.379 e. The molecule has 35 heavy (non-hydrogen) atoms. The van der Waals surface area contributed by atoms with Gasteiger partial charge in [-0.25, -0.2) is 0 Å². The number of aromatic nitrogens is 2. The second-order valence-electron chi connectivity index (χ2n) is 9.78. The van der Waals surface area contributed by atoms with Crippen molar-refractivity contribution in [3.8, 4) is 5.69 Å². The third-order valence-corrected chi connectivity index (χ3v) is 7.56. The molecule has 184 valence electrons. The molecule has 2 aliphatic heterocycles. The van der Waals surface area contributed by atoms with E-state index in [9.17, 15) is 0 Å². The minimum absolute atomic E-state index is 0.00147. The third-order valence-electron chi connectivity index (χ3n) is 7.21. The van der Waals surface area contributed by atoms with E-state index in [4.69, 9.17) is 21.9 Å². The van der Waals surface area contributed by atoms with Gasteiger partial charge in [-0.15, -0.1) is 0 Å². The van der Waals surface area contributed by atoms with Crippen molar-refractivity contribution in [3.05, 3.63) is 82.4 Å². The van der Waals surface area contributed by atoms with Crippen molar-refractivity contribution in [1.82, 2.24) is 24.7 Å². The van der Waals surface area contributed by atoms with Gasteiger partial charge in [0.25, 0.3) is 0 Å². The fourth-order valence-electron chi connectivity index (χ4n) is 5.62. The number of hydrogen-bond acceptors (Lipinski definition) is 4. The first-order valence-electron chi connectivity index (χ1n) is 12.5. The number of nitrogens with one attached hydrogen (secondary N) is 1. The summed E-state index contributed by atoms with van der Waals surface area (Å²) in [4.78, 5) is 9.55. The van der Waals surface area contributed by atoms with Gasteiger partial charge in [-0.05, 0) is 86.9 Å². The van der Waals surface area contributed by atoms with Crippen LogP contribution in [0.2, 0.25) is 0 Å². The SMILES string of the molecule is Cc1cc(C)cc(-n2c(C)cc([C@@H]3[C@@H](c4ccccn4)NC(=S)N3CCN3CCOCC3)c2C)c1. The maximum absolute atomic E-state index is 5.91. The molecule has 0 amide bonds. The van der Waals surface area contributed by atoms with Crippen LogP contribution in [-0.4, -0.2) is 63.9 Å². The van der Waals surface area contributed by atoms with Crippen LogP contribution in [0.15, 0.2) is 48.7 Å². The number of nitrogens with zero attached hydrogens (tertiary/aromatic N) is 4. The Hall–Kier alpha value is -2.74. The average molecular weight is 490 g/mol. The Morgan fingerprint density at radius 1 is 1.00 bits per heavy atom. The Balaban J connectivity index is 1.54. The van der Waals surface area contributed by atoms with Gasteiger partial charge in [0.05, 0.1) is 31.0 Å². The number of benzene rings is 1. The molecular formula is C28H35N5OS. The topological polar surface area (TPSA) is 45.6 Å². The summed E-state index contributed by atoms with van der Waals surface area (Å²) < 4.78 is 7.93. The summed E-state index contributed by atoms with van der Waals surface area (Å²) in [7, 11) is 0. The molecule has 4 heterocycles. The summed E-state index contributed by atoms with van der Waals surface area (Å²) in [6, 6.07) is 15.3. The predicted octanol–water partition coefficient (Wildman–Crippen LogP) is 4.41. The summed E-state index contributed by atoms with van der Waals surface area (Å²) in [5.41, 5.74) is 8.56. The molecule has 3 aromatic rings. The summed E-state index contributed by atoms with van der Waals surface area (Å²) in [5, 5.41) is 4.41. The highest BCUT2D eigenvalue weighted by molar-refractivity contribution is 7.80. The van der Waals surface area contributed by atoms with E-state index in [1.165, 1.54) is 33.8 Å². The molecule has 2 fully saturated rings. The lowest BCUT2D eigenvalue weighted by atomic mass is 9.96. The van der Waals surface area contributed by atoms with E-state index in [0.29, 0.717) is 0 Å². The van der Waals surface area contributed by atoms with Crippen LogP contribution in [-0.2, 0) is 4.74 Å². The predicted molar refractivity (Wildman–Crippen MR) is 144 cm³/mol. The number of morpholine rings is 1. The van der Waals surface area contributed by atoms with Gasteiger partial charge in [0.2, 0.25) is 0 Å². The molecule has 1 aromatic carbocycles. The molecule has 1 N–H and O–H groups in total. The van der Waals surface area contributed by atoms with Crippen LogP contribution in [0.3, 0.4) is 0 Å². The molecule has 0 spiro atoms. The van der Waals surface area contributed by atoms with Gasteiger partial charge in [-0.1, -0.05) is 12.1 Å². The fourth-order valence-corrected chi connectivity index (χ4v) is 5.95. The minimum atomic E-state index is 0.00147. The normalized spacial score (nSPS) is 20.9. The molecule has 5 rings (SSSR count). The van der Waals surface area contributed by atoms with E-state index >= 15 is 0 Å². The number of hydrogen-bond donors (Lipinski definition) is 1. The molecule has 0 unspecified atom stereocenters. The molecule has 2 aliphatic rings. The molecule has 6 nitrogen and oxygen atoms in total. The third kappa shape index (κ3) is 4.85. The second-order valence-corrected chi connectivity index (χ2v) is 10.2. The lowest BCUT2D eigenvalue weighted by molar-refractivity contribution is 0.0350. The average Bonchev–Trinajstić information content (AvgIpc) is 3.33. The van der Waals surface area contributed by atoms with E-state index in [2.05, 4.69) is 83.8 Å². The molecule has 7 heteroatoms. The van der Waals surface area contributed by atoms with Crippen molar-refractivity contribution in [2.75, 3.05) is 39.4 Å². The van der Waals surface area contributed by atoms with Crippen LogP contribution >= 0.6 is 12.2 Å². The molecule has 2 saturated heterocycles. The molecule has 0 radical (unpaired) electrons. The second kappa shape index (κ2) is 10.1. The number of thiocarbonyl (C=S) groups is 1. The number of ether oxygens (including phenoxy) is 1. The van der Waals surface area contributed by atoms with Gasteiger partial charge in [-0.2, -0.15) is 0 Å². The van der Waals surface area contributed by atoms with Crippen molar-refractivity contribution < 1.29 is 4.74 Å². The zero-order chi connectivity index (χ0) is 24.5. The van der Waals surface area contributed by atoms with Crippen molar-refractivity contribution in [2.24, 2.45) is 0 Å². The summed E-state index contributed by atoms with van der Waals surface area (Å²) in [5.74, 6) is 0. The smallest absolute Gasteiger partial charge is 0.170 e. The zero-order valence-corrected chi connectivity index (χ0v) is 21.9. The molecule has 0 bridgehead atoms. The number of pyridine rings is 1. The monoisotopic (exact) mass is 489 g/mol. The Kier molecular flexibility index (Phi) is 6.91. The molecule has 0 saturated carbocycles. The van der Waals surface area contributed by atoms with Crippen LogP contribution in [0.25, 0.3) is 5.69 Å². The first-order chi connectivity index (χ1) is 16.9. The van der Waals surface area contributed by atoms with Crippen molar-refractivity contribution in [1.29, 1.82) is 0 Å². The fraction of sp³-hybridized carbons (Fsp3) is 0.429.